The van der Waals surface area contributed by atoms with Crippen molar-refractivity contribution in [2.45, 2.75) is 56.0 Å². The van der Waals surface area contributed by atoms with Gasteiger partial charge < -0.3 is 20.2 Å². The van der Waals surface area contributed by atoms with Crippen LogP contribution >= 0.6 is 11.8 Å². The van der Waals surface area contributed by atoms with E-state index in [4.69, 9.17) is 4.42 Å². The van der Waals surface area contributed by atoms with E-state index in [1.165, 1.54) is 12.7 Å². The molecule has 0 bridgehead atoms. The average molecular weight is 312 g/mol. The van der Waals surface area contributed by atoms with Crippen LogP contribution in [0.15, 0.2) is 22.8 Å². The van der Waals surface area contributed by atoms with Crippen molar-refractivity contribution in [3.8, 4) is 0 Å². The summed E-state index contributed by atoms with van der Waals surface area (Å²) in [7, 11) is 0. The van der Waals surface area contributed by atoms with Crippen molar-refractivity contribution in [2.75, 3.05) is 6.26 Å². The summed E-state index contributed by atoms with van der Waals surface area (Å²) in [6, 6.07) is 3.47. The second-order valence-corrected chi connectivity index (χ2v) is 6.79. The van der Waals surface area contributed by atoms with E-state index in [1.807, 2.05) is 18.7 Å². The van der Waals surface area contributed by atoms with Crippen LogP contribution in [0.2, 0.25) is 0 Å². The van der Waals surface area contributed by atoms with Crippen LogP contribution in [0.1, 0.15) is 44.5 Å². The van der Waals surface area contributed by atoms with Crippen LogP contribution < -0.4 is 10.6 Å². The highest BCUT2D eigenvalue weighted by molar-refractivity contribution is 7.99. The lowest BCUT2D eigenvalue weighted by molar-refractivity contribution is 0.129. The molecule has 6 heteroatoms. The van der Waals surface area contributed by atoms with Crippen molar-refractivity contribution in [3.63, 3.8) is 0 Å². The number of urea groups is 1. The Morgan fingerprint density at radius 2 is 2.38 bits per heavy atom. The molecule has 0 saturated heterocycles. The van der Waals surface area contributed by atoms with Gasteiger partial charge in [-0.25, -0.2) is 4.79 Å². The zero-order valence-corrected chi connectivity index (χ0v) is 13.4. The molecule has 0 radical (unpaired) electrons. The molecule has 1 fully saturated rings. The quantitative estimate of drug-likeness (QED) is 0.755. The lowest BCUT2D eigenvalue weighted by Crippen LogP contribution is -2.45. The maximum atomic E-state index is 11.9. The third-order valence-corrected chi connectivity index (χ3v) is 4.97. The lowest BCUT2D eigenvalue weighted by atomic mass is 10.1. The van der Waals surface area contributed by atoms with Crippen molar-refractivity contribution in [3.05, 3.63) is 24.2 Å². The molecule has 3 N–H and O–H groups in total. The Morgan fingerprint density at radius 1 is 1.57 bits per heavy atom. The molecule has 1 aliphatic carbocycles. The van der Waals surface area contributed by atoms with E-state index in [0.717, 1.165) is 12.8 Å². The average Bonchev–Trinajstić information content (AvgIpc) is 3.08. The van der Waals surface area contributed by atoms with Gasteiger partial charge in [0.15, 0.2) is 0 Å². The predicted molar refractivity (Wildman–Crippen MR) is 84.4 cm³/mol. The fourth-order valence-electron chi connectivity index (χ4n) is 2.73. The second-order valence-electron chi connectivity index (χ2n) is 5.65. The van der Waals surface area contributed by atoms with Crippen LogP contribution in [0.25, 0.3) is 0 Å². The van der Waals surface area contributed by atoms with Crippen LogP contribution in [-0.2, 0) is 0 Å². The summed E-state index contributed by atoms with van der Waals surface area (Å²) in [5.74, 6) is 0.530. The predicted octanol–water partition coefficient (Wildman–Crippen LogP) is 2.67. The number of thioether (sulfide) groups is 1. The van der Waals surface area contributed by atoms with Crippen molar-refractivity contribution < 1.29 is 14.3 Å². The van der Waals surface area contributed by atoms with Crippen LogP contribution in [0.3, 0.4) is 0 Å². The fourth-order valence-corrected chi connectivity index (χ4v) is 3.52. The van der Waals surface area contributed by atoms with Crippen molar-refractivity contribution in [2.24, 2.45) is 0 Å². The minimum atomic E-state index is -0.692. The summed E-state index contributed by atoms with van der Waals surface area (Å²) >= 11 is 1.87. The highest BCUT2D eigenvalue weighted by Crippen LogP contribution is 2.28. The van der Waals surface area contributed by atoms with Gasteiger partial charge in [-0.3, -0.25) is 0 Å². The van der Waals surface area contributed by atoms with Crippen LogP contribution in [0, 0.1) is 0 Å². The van der Waals surface area contributed by atoms with Gasteiger partial charge in [0, 0.05) is 23.8 Å². The van der Waals surface area contributed by atoms with E-state index in [9.17, 15) is 9.90 Å². The molecule has 4 atom stereocenters. The van der Waals surface area contributed by atoms with Crippen molar-refractivity contribution in [1.29, 1.82) is 0 Å². The molecule has 2 rings (SSSR count). The fraction of sp³-hybridized carbons (Fsp3) is 0.667. The van der Waals surface area contributed by atoms with E-state index < -0.39 is 6.10 Å². The highest BCUT2D eigenvalue weighted by atomic mass is 32.2. The smallest absolute Gasteiger partial charge is 0.315 e. The largest absolute Gasteiger partial charge is 0.467 e. The number of nitrogens with one attached hydrogen (secondary N) is 2. The SMILES string of the molecule is CS[C@@H]1CC[C@H](NC(=O)N[C@H](C)C[C@H](O)c2ccco2)C1. The Labute approximate surface area is 129 Å². The molecule has 1 aliphatic rings. The maximum absolute atomic E-state index is 11.9. The van der Waals surface area contributed by atoms with Crippen LogP contribution in [0.4, 0.5) is 4.79 Å². The number of hydrogen-bond acceptors (Lipinski definition) is 4. The minimum Gasteiger partial charge on any atom is -0.467 e. The molecule has 0 aliphatic heterocycles. The molecule has 0 aromatic carbocycles. The number of carbonyl (C=O) groups excluding carboxylic acids is 1. The Hall–Kier alpha value is -1.14. The highest BCUT2D eigenvalue weighted by Gasteiger charge is 2.25. The second kappa shape index (κ2) is 7.75. The lowest BCUT2D eigenvalue weighted by Gasteiger charge is -2.19. The zero-order chi connectivity index (χ0) is 15.2. The standard InChI is InChI=1S/C15H24N2O3S/c1-10(8-13(18)14-4-3-7-20-14)16-15(19)17-11-5-6-12(9-11)21-2/h3-4,7,10-13,18H,5-6,8-9H2,1-2H3,(H2,16,17,19)/t10-,11+,12-,13+/m1/s1. The number of aliphatic hydroxyl groups is 1. The van der Waals surface area contributed by atoms with E-state index in [0.29, 0.717) is 17.4 Å². The van der Waals surface area contributed by atoms with Crippen molar-refractivity contribution in [1.82, 2.24) is 10.6 Å². The van der Waals surface area contributed by atoms with E-state index in [2.05, 4.69) is 16.9 Å². The number of hydrogen-bond donors (Lipinski definition) is 3. The number of aliphatic hydroxyl groups excluding tert-OH is 1. The summed E-state index contributed by atoms with van der Waals surface area (Å²) in [5.41, 5.74) is 0. The van der Waals surface area contributed by atoms with Gasteiger partial charge in [0.05, 0.1) is 6.26 Å². The summed E-state index contributed by atoms with van der Waals surface area (Å²) in [6.45, 7) is 1.88. The Balaban J connectivity index is 1.70. The minimum absolute atomic E-state index is 0.122. The van der Waals surface area contributed by atoms with Gasteiger partial charge in [-0.2, -0.15) is 11.8 Å². The van der Waals surface area contributed by atoms with E-state index in [1.54, 1.807) is 12.1 Å². The third kappa shape index (κ3) is 4.97. The topological polar surface area (TPSA) is 74.5 Å². The Bertz CT molecular complexity index is 438. The summed E-state index contributed by atoms with van der Waals surface area (Å²) < 4.78 is 5.15. The number of rotatable bonds is 6. The first-order valence-corrected chi connectivity index (χ1v) is 8.68. The summed E-state index contributed by atoms with van der Waals surface area (Å²) in [6.07, 6.45) is 6.64. The molecule has 1 aromatic rings. The molecule has 1 aromatic heterocycles. The third-order valence-electron chi connectivity index (χ3n) is 3.88. The van der Waals surface area contributed by atoms with Crippen molar-refractivity contribution >= 4 is 17.8 Å². The number of furan rings is 1. The first-order chi connectivity index (χ1) is 10.1. The van der Waals surface area contributed by atoms with Gasteiger partial charge in [0.2, 0.25) is 0 Å². The molecule has 0 spiro atoms. The van der Waals surface area contributed by atoms with Crippen LogP contribution in [-0.4, -0.2) is 34.7 Å². The molecule has 118 valence electrons. The molecule has 1 heterocycles. The van der Waals surface area contributed by atoms with Crippen LogP contribution in [0.5, 0.6) is 0 Å². The molecule has 0 unspecified atom stereocenters. The van der Waals surface area contributed by atoms with E-state index >= 15 is 0 Å². The van der Waals surface area contributed by atoms with Gasteiger partial charge in [-0.1, -0.05) is 0 Å². The van der Waals surface area contributed by atoms with Gasteiger partial charge in [-0.15, -0.1) is 0 Å². The number of carbonyl (C=O) groups is 1. The molecule has 1 saturated carbocycles. The molecule has 21 heavy (non-hydrogen) atoms. The first-order valence-electron chi connectivity index (χ1n) is 7.39. The number of amides is 2. The Kier molecular flexibility index (Phi) is 5.99. The summed E-state index contributed by atoms with van der Waals surface area (Å²) in [4.78, 5) is 11.9. The molecular weight excluding hydrogens is 288 g/mol. The van der Waals surface area contributed by atoms with Gasteiger partial charge in [-0.05, 0) is 44.6 Å². The zero-order valence-electron chi connectivity index (χ0n) is 12.5. The van der Waals surface area contributed by atoms with Gasteiger partial charge >= 0.3 is 6.03 Å². The maximum Gasteiger partial charge on any atom is 0.315 e. The van der Waals surface area contributed by atoms with Gasteiger partial charge in [0.1, 0.15) is 11.9 Å². The molecular formula is C15H24N2O3S. The normalized spacial score (nSPS) is 24.5. The Morgan fingerprint density at radius 3 is 3.00 bits per heavy atom. The monoisotopic (exact) mass is 312 g/mol. The van der Waals surface area contributed by atoms with Gasteiger partial charge in [0.25, 0.3) is 0 Å². The van der Waals surface area contributed by atoms with E-state index in [-0.39, 0.29) is 18.1 Å². The first kappa shape index (κ1) is 16.2. The molecule has 5 nitrogen and oxygen atoms in total. The molecule has 2 amide bonds. The summed E-state index contributed by atoms with van der Waals surface area (Å²) in [5, 5.41) is 16.5.